The predicted octanol–water partition coefficient (Wildman–Crippen LogP) is 1.85. The van der Waals surface area contributed by atoms with Gasteiger partial charge in [-0.2, -0.15) is 0 Å². The number of pyridine rings is 2. The molecule has 2 amide bonds. The number of cyclic esters (lactones) is 1. The molecule has 6 rings (SSSR count). The molecule has 0 radical (unpaired) electrons. The van der Waals surface area contributed by atoms with E-state index in [1.165, 1.54) is 4.90 Å². The average molecular weight is 547 g/mol. The van der Waals surface area contributed by atoms with Crippen molar-refractivity contribution in [1.29, 1.82) is 0 Å². The van der Waals surface area contributed by atoms with Gasteiger partial charge in [0.25, 0.3) is 5.91 Å². The Balaban J connectivity index is 0.997. The topological polar surface area (TPSA) is 144 Å². The minimum atomic E-state index is -0.470. The first kappa shape index (κ1) is 25.9. The van der Waals surface area contributed by atoms with Crippen molar-refractivity contribution in [2.75, 3.05) is 50.1 Å². The van der Waals surface area contributed by atoms with Gasteiger partial charge < -0.3 is 29.7 Å². The van der Waals surface area contributed by atoms with Crippen LogP contribution in [0.4, 0.5) is 16.4 Å². The normalized spacial score (nSPS) is 20.6. The first-order valence-corrected chi connectivity index (χ1v) is 13.3. The van der Waals surface area contributed by atoms with Crippen LogP contribution in [0.2, 0.25) is 0 Å². The van der Waals surface area contributed by atoms with Crippen molar-refractivity contribution < 1.29 is 23.8 Å². The number of hydrogen-bond donors (Lipinski definition) is 2. The maximum Gasteiger partial charge on any atom is 0.415 e. The molecule has 40 heavy (non-hydrogen) atoms. The summed E-state index contributed by atoms with van der Waals surface area (Å²) in [6.45, 7) is 3.38. The van der Waals surface area contributed by atoms with E-state index in [1.807, 2.05) is 12.1 Å². The first-order chi connectivity index (χ1) is 19.5. The van der Waals surface area contributed by atoms with Crippen molar-refractivity contribution >= 4 is 23.6 Å². The summed E-state index contributed by atoms with van der Waals surface area (Å²) >= 11 is 0. The summed E-state index contributed by atoms with van der Waals surface area (Å²) in [6, 6.07) is 7.24. The molecule has 2 N–H and O–H groups in total. The number of fused-ring (bicyclic) bond motifs is 1. The molecule has 0 aromatic carbocycles. The van der Waals surface area contributed by atoms with E-state index in [2.05, 4.69) is 42.5 Å². The molecule has 3 aromatic rings. The maximum absolute atomic E-state index is 12.5. The van der Waals surface area contributed by atoms with Crippen LogP contribution in [0.3, 0.4) is 0 Å². The molecule has 208 valence electrons. The van der Waals surface area contributed by atoms with Gasteiger partial charge in [-0.05, 0) is 50.7 Å². The summed E-state index contributed by atoms with van der Waals surface area (Å²) in [6.07, 6.45) is 6.09. The Bertz CT molecular complexity index is 1400. The van der Waals surface area contributed by atoms with Gasteiger partial charge in [0.15, 0.2) is 18.2 Å². The molecule has 2 saturated heterocycles. The van der Waals surface area contributed by atoms with E-state index in [0.29, 0.717) is 49.3 Å². The summed E-state index contributed by atoms with van der Waals surface area (Å²) in [7, 11) is 2.08. The van der Waals surface area contributed by atoms with Crippen molar-refractivity contribution in [3.05, 3.63) is 48.5 Å². The molecule has 2 fully saturated rings. The highest BCUT2D eigenvalue weighted by Gasteiger charge is 2.33. The van der Waals surface area contributed by atoms with Gasteiger partial charge in [-0.3, -0.25) is 19.7 Å². The molecular formula is C27H30N8O5. The molecular weight excluding hydrogens is 516 g/mol. The summed E-state index contributed by atoms with van der Waals surface area (Å²) < 4.78 is 16.9. The van der Waals surface area contributed by atoms with Crippen LogP contribution in [0.25, 0.3) is 11.3 Å². The number of anilines is 2. The van der Waals surface area contributed by atoms with E-state index < -0.39 is 6.09 Å². The van der Waals surface area contributed by atoms with E-state index in [-0.39, 0.29) is 24.7 Å². The Kier molecular flexibility index (Phi) is 7.38. The highest BCUT2D eigenvalue weighted by Crippen LogP contribution is 2.30. The molecule has 0 spiro atoms. The minimum absolute atomic E-state index is 0.0521. The number of likely N-dealkylation sites (N-methyl/N-ethyl adjacent to an activating group) is 1. The van der Waals surface area contributed by atoms with Gasteiger partial charge in [0.1, 0.15) is 18.0 Å². The van der Waals surface area contributed by atoms with Gasteiger partial charge in [-0.15, -0.1) is 0 Å². The number of nitrogens with one attached hydrogen (secondary N) is 2. The molecule has 0 unspecified atom stereocenters. The molecule has 0 saturated carbocycles. The van der Waals surface area contributed by atoms with Crippen molar-refractivity contribution in [3.8, 4) is 22.9 Å². The van der Waals surface area contributed by atoms with Crippen LogP contribution < -0.4 is 25.0 Å². The van der Waals surface area contributed by atoms with Gasteiger partial charge in [0, 0.05) is 31.4 Å². The van der Waals surface area contributed by atoms with E-state index in [0.717, 1.165) is 36.5 Å². The maximum atomic E-state index is 12.5. The fourth-order valence-corrected chi connectivity index (χ4v) is 4.88. The van der Waals surface area contributed by atoms with Gasteiger partial charge >= 0.3 is 6.09 Å². The van der Waals surface area contributed by atoms with Gasteiger partial charge in [-0.25, -0.2) is 14.8 Å². The molecule has 2 atom stereocenters. The first-order valence-electron chi connectivity index (χ1n) is 13.3. The number of carbonyl (C=O) groups is 2. The van der Waals surface area contributed by atoms with Gasteiger partial charge in [0.2, 0.25) is 5.88 Å². The predicted molar refractivity (Wildman–Crippen MR) is 144 cm³/mol. The van der Waals surface area contributed by atoms with E-state index in [1.54, 1.807) is 30.7 Å². The summed E-state index contributed by atoms with van der Waals surface area (Å²) in [5.41, 5.74) is 2.50. The second kappa shape index (κ2) is 11.4. The fourth-order valence-electron chi connectivity index (χ4n) is 4.88. The van der Waals surface area contributed by atoms with Crippen LogP contribution >= 0.6 is 0 Å². The molecule has 3 aliphatic rings. The van der Waals surface area contributed by atoms with Crippen molar-refractivity contribution in [2.45, 2.75) is 31.6 Å². The van der Waals surface area contributed by atoms with Crippen LogP contribution in [-0.4, -0.2) is 88.9 Å². The van der Waals surface area contributed by atoms with E-state index in [4.69, 9.17) is 14.2 Å². The van der Waals surface area contributed by atoms with Crippen molar-refractivity contribution in [3.63, 3.8) is 0 Å². The lowest BCUT2D eigenvalue weighted by Crippen LogP contribution is -2.29. The zero-order chi connectivity index (χ0) is 27.5. The standard InChI is InChI=1S/C27H30N8O5/c1-34-9-6-20(14-34)39-25-13-29-12-21(31-25)17-4-8-30-18(10-17)11-28-7-5-19-15-35(27(37)40-19)23-3-2-22-26(32-23)33-24(36)16-38-22/h2-4,8,10,12-13,19-20,28H,5-7,9,11,14-16H2,1H3,(H,32,33,36)/t19-,20-/m0/s1. The smallest absolute Gasteiger partial charge is 0.415 e. The lowest BCUT2D eigenvalue weighted by molar-refractivity contribution is -0.118. The molecule has 3 aliphatic heterocycles. The van der Waals surface area contributed by atoms with Crippen LogP contribution in [0.1, 0.15) is 18.5 Å². The molecule has 0 aliphatic carbocycles. The van der Waals surface area contributed by atoms with Gasteiger partial charge in [-0.1, -0.05) is 0 Å². The molecule has 13 nitrogen and oxygen atoms in total. The fraction of sp³-hybridized carbons (Fsp3) is 0.407. The molecule has 13 heteroatoms. The van der Waals surface area contributed by atoms with Crippen LogP contribution in [0.5, 0.6) is 11.6 Å². The Labute approximate surface area is 230 Å². The third kappa shape index (κ3) is 5.95. The van der Waals surface area contributed by atoms with Crippen LogP contribution in [-0.2, 0) is 16.1 Å². The Morgan fingerprint density at radius 2 is 2.10 bits per heavy atom. The Morgan fingerprint density at radius 3 is 2.98 bits per heavy atom. The number of aromatic nitrogens is 4. The number of rotatable bonds is 9. The third-order valence-electron chi connectivity index (χ3n) is 6.92. The number of amides is 2. The highest BCUT2D eigenvalue weighted by atomic mass is 16.6. The second-order valence-electron chi connectivity index (χ2n) is 10.0. The van der Waals surface area contributed by atoms with E-state index in [9.17, 15) is 9.59 Å². The number of ether oxygens (including phenoxy) is 3. The molecule has 3 aromatic heterocycles. The third-order valence-corrected chi connectivity index (χ3v) is 6.92. The number of nitrogens with zero attached hydrogens (tertiary/aromatic N) is 6. The number of likely N-dealkylation sites (tertiary alicyclic amines) is 1. The number of hydrogen-bond acceptors (Lipinski definition) is 11. The van der Waals surface area contributed by atoms with Crippen LogP contribution in [0.15, 0.2) is 42.9 Å². The Hall–Kier alpha value is -4.36. The number of carbonyl (C=O) groups excluding carboxylic acids is 2. The van der Waals surface area contributed by atoms with Crippen molar-refractivity contribution in [1.82, 2.24) is 30.2 Å². The van der Waals surface area contributed by atoms with Crippen molar-refractivity contribution in [2.24, 2.45) is 0 Å². The summed E-state index contributed by atoms with van der Waals surface area (Å²) in [5, 5.41) is 6.02. The quantitative estimate of drug-likeness (QED) is 0.380. The Morgan fingerprint density at radius 1 is 1.18 bits per heavy atom. The lowest BCUT2D eigenvalue weighted by Gasteiger charge is -2.19. The summed E-state index contributed by atoms with van der Waals surface area (Å²) in [4.78, 5) is 45.5. The second-order valence-corrected chi connectivity index (χ2v) is 10.0. The zero-order valence-electron chi connectivity index (χ0n) is 22.1. The van der Waals surface area contributed by atoms with Gasteiger partial charge in [0.05, 0.1) is 30.3 Å². The largest absolute Gasteiger partial charge is 0.480 e. The lowest BCUT2D eigenvalue weighted by atomic mass is 10.1. The molecule has 6 heterocycles. The average Bonchev–Trinajstić information content (AvgIpc) is 3.55. The minimum Gasteiger partial charge on any atom is -0.480 e. The van der Waals surface area contributed by atoms with Crippen LogP contribution in [0, 0.1) is 0 Å². The molecule has 0 bridgehead atoms. The SMILES string of the molecule is CN1CC[C@H](Oc2cncc(-c3ccnc(CNCC[C@H]4CN(c5ccc6c(n5)NC(=O)CO6)C(=O)O4)c3)n2)C1. The summed E-state index contributed by atoms with van der Waals surface area (Å²) in [5.74, 6) is 1.42. The zero-order valence-corrected chi connectivity index (χ0v) is 22.1. The van der Waals surface area contributed by atoms with E-state index >= 15 is 0 Å². The monoisotopic (exact) mass is 546 g/mol. The highest BCUT2D eigenvalue weighted by molar-refractivity contribution is 5.95.